The van der Waals surface area contributed by atoms with Crippen LogP contribution in [-0.2, 0) is 10.9 Å². The van der Waals surface area contributed by atoms with Gasteiger partial charge in [-0.05, 0) is 43.7 Å². The number of halogens is 7. The van der Waals surface area contributed by atoms with Crippen LogP contribution in [0.25, 0.3) is 11.1 Å². The molecule has 14 heteroatoms. The lowest BCUT2D eigenvalue weighted by atomic mass is 10.00. The number of pyridine rings is 1. The molecular weight excluding hydrogens is 511 g/mol. The van der Waals surface area contributed by atoms with Crippen molar-refractivity contribution in [3.05, 3.63) is 65.4 Å². The number of carbonyl (C=O) groups excluding carboxylic acids is 1. The molecule has 3 heterocycles. The Morgan fingerprint density at radius 2 is 1.81 bits per heavy atom. The first-order chi connectivity index (χ1) is 17.4. The summed E-state index contributed by atoms with van der Waals surface area (Å²) in [6.07, 6.45) is -5.81. The zero-order valence-corrected chi connectivity index (χ0v) is 19.2. The number of alkyl halides is 4. The van der Waals surface area contributed by atoms with Gasteiger partial charge in [-0.25, -0.2) is 32.2 Å². The predicted molar refractivity (Wildman–Crippen MR) is 117 cm³/mol. The maximum Gasteiger partial charge on any atom is 0.433 e. The molecule has 1 fully saturated rings. The summed E-state index contributed by atoms with van der Waals surface area (Å²) in [6.45, 7) is 2.24. The van der Waals surface area contributed by atoms with Gasteiger partial charge >= 0.3 is 12.3 Å². The zero-order chi connectivity index (χ0) is 27.1. The lowest BCUT2D eigenvalue weighted by Crippen LogP contribution is -2.40. The Labute approximate surface area is 205 Å². The predicted octanol–water partition coefficient (Wildman–Crippen LogP) is 5.83. The topological polar surface area (TPSA) is 80.2 Å². The minimum atomic E-state index is -4.77. The van der Waals surface area contributed by atoms with Gasteiger partial charge in [0.2, 0.25) is 5.95 Å². The molecule has 1 amide bonds. The largest absolute Gasteiger partial charge is 0.447 e. The highest BCUT2D eigenvalue weighted by molar-refractivity contribution is 5.89. The molecule has 1 aromatic carbocycles. The van der Waals surface area contributed by atoms with Gasteiger partial charge in [0.05, 0.1) is 12.2 Å². The first kappa shape index (κ1) is 26.1. The number of nitrogens with one attached hydrogen (secondary N) is 1. The number of nitrogens with zero attached hydrogens (tertiary/aromatic N) is 4. The molecule has 1 N–H and O–H groups in total. The van der Waals surface area contributed by atoms with E-state index in [9.17, 15) is 35.5 Å². The highest BCUT2D eigenvalue weighted by atomic mass is 19.4. The van der Waals surface area contributed by atoms with E-state index >= 15 is 0 Å². The molecule has 3 aromatic rings. The van der Waals surface area contributed by atoms with E-state index in [1.165, 1.54) is 6.92 Å². The van der Waals surface area contributed by atoms with Crippen molar-refractivity contribution in [2.75, 3.05) is 16.8 Å². The number of amides is 1. The summed E-state index contributed by atoms with van der Waals surface area (Å²) < 4.78 is 102. The quantitative estimate of drug-likeness (QED) is 0.405. The molecule has 3 atom stereocenters. The molecule has 0 spiro atoms. The molecule has 1 aliphatic rings. The third kappa shape index (κ3) is 5.27. The van der Waals surface area contributed by atoms with Gasteiger partial charge in [0.15, 0.2) is 11.6 Å². The Balaban J connectivity index is 1.61. The summed E-state index contributed by atoms with van der Waals surface area (Å²) in [5.41, 5.74) is -2.15. The van der Waals surface area contributed by atoms with Gasteiger partial charge in [-0.3, -0.25) is 4.98 Å². The van der Waals surface area contributed by atoms with Gasteiger partial charge < -0.3 is 10.1 Å². The molecule has 0 bridgehead atoms. The smallest absolute Gasteiger partial charge is 0.433 e. The molecule has 7 nitrogen and oxygen atoms in total. The van der Waals surface area contributed by atoms with E-state index in [1.807, 2.05) is 0 Å². The van der Waals surface area contributed by atoms with Crippen LogP contribution in [0.1, 0.15) is 31.1 Å². The molecule has 4 rings (SSSR count). The molecule has 0 unspecified atom stereocenters. The minimum absolute atomic E-state index is 0.230. The fourth-order valence-electron chi connectivity index (χ4n) is 3.75. The van der Waals surface area contributed by atoms with Crippen LogP contribution in [0, 0.1) is 17.5 Å². The number of carbonyl (C=O) groups is 1. The molecular formula is C23H18F7N5O2. The maximum atomic E-state index is 14.9. The number of benzene rings is 1. The van der Waals surface area contributed by atoms with Gasteiger partial charge in [0.25, 0.3) is 0 Å². The summed E-state index contributed by atoms with van der Waals surface area (Å²) in [5, 5.41) is 2.64. The van der Waals surface area contributed by atoms with E-state index < -0.39 is 65.1 Å². The lowest BCUT2D eigenvalue weighted by Gasteiger charge is -2.22. The second-order valence-electron chi connectivity index (χ2n) is 8.20. The molecule has 0 radical (unpaired) electrons. The van der Waals surface area contributed by atoms with Crippen LogP contribution in [-0.4, -0.2) is 39.9 Å². The molecule has 0 saturated carbocycles. The standard InChI is InChI=1S/C23H18F7N5O2/c1-10(24)18-9-37-22(36)35(18)20-17(27)8-32-21(34-20)33-11(2)13-6-16(26)14(7-15(13)25)12-3-4-31-19(5-12)23(28,29)30/h3-8,10-11,18H,9H2,1-2H3,(H,32,33,34)/t10-,11-,18+/m0/s1. The Morgan fingerprint density at radius 1 is 1.08 bits per heavy atom. The van der Waals surface area contributed by atoms with E-state index in [-0.39, 0.29) is 23.7 Å². The number of hydrogen-bond acceptors (Lipinski definition) is 6. The van der Waals surface area contributed by atoms with E-state index in [4.69, 9.17) is 4.74 Å². The van der Waals surface area contributed by atoms with E-state index in [1.54, 1.807) is 0 Å². The second-order valence-corrected chi connectivity index (χ2v) is 8.20. The highest BCUT2D eigenvalue weighted by Crippen LogP contribution is 2.34. The van der Waals surface area contributed by atoms with Gasteiger partial charge in [-0.2, -0.15) is 18.2 Å². The number of cyclic esters (lactones) is 1. The first-order valence-corrected chi connectivity index (χ1v) is 10.8. The van der Waals surface area contributed by atoms with E-state index in [2.05, 4.69) is 20.3 Å². The van der Waals surface area contributed by atoms with E-state index in [0.29, 0.717) is 17.2 Å². The SMILES string of the molecule is C[C@H](Nc1ncc(F)c(N2C(=O)OC[C@@H]2[C@H](C)F)n1)c1cc(F)c(-c2ccnc(C(F)(F)F)c2)cc1F. The minimum Gasteiger partial charge on any atom is -0.447 e. The maximum absolute atomic E-state index is 14.9. The lowest BCUT2D eigenvalue weighted by molar-refractivity contribution is -0.141. The number of hydrogen-bond donors (Lipinski definition) is 1. The van der Waals surface area contributed by atoms with Crippen LogP contribution in [0.15, 0.2) is 36.7 Å². The molecule has 0 aliphatic carbocycles. The van der Waals surface area contributed by atoms with Crippen LogP contribution in [0.5, 0.6) is 0 Å². The molecule has 1 aliphatic heterocycles. The molecule has 2 aromatic heterocycles. The Kier molecular flexibility index (Phi) is 6.93. The van der Waals surface area contributed by atoms with Crippen molar-refractivity contribution in [1.29, 1.82) is 0 Å². The molecule has 1 saturated heterocycles. The third-order valence-electron chi connectivity index (χ3n) is 5.65. The van der Waals surface area contributed by atoms with Gasteiger partial charge in [-0.15, -0.1) is 0 Å². The van der Waals surface area contributed by atoms with Crippen molar-refractivity contribution in [2.24, 2.45) is 0 Å². The number of ether oxygens (including phenoxy) is 1. The van der Waals surface area contributed by atoms with Crippen molar-refractivity contribution < 1.29 is 40.3 Å². The van der Waals surface area contributed by atoms with Crippen molar-refractivity contribution in [2.45, 2.75) is 38.3 Å². The van der Waals surface area contributed by atoms with Crippen molar-refractivity contribution in [3.8, 4) is 11.1 Å². The zero-order valence-electron chi connectivity index (χ0n) is 19.2. The summed E-state index contributed by atoms with van der Waals surface area (Å²) in [7, 11) is 0. The average molecular weight is 529 g/mol. The second kappa shape index (κ2) is 9.82. The van der Waals surface area contributed by atoms with Crippen LogP contribution in [0.4, 0.5) is 47.3 Å². The van der Waals surface area contributed by atoms with Crippen molar-refractivity contribution in [1.82, 2.24) is 15.0 Å². The number of aromatic nitrogens is 3. The Hall–Kier alpha value is -3.97. The van der Waals surface area contributed by atoms with Crippen molar-refractivity contribution in [3.63, 3.8) is 0 Å². The summed E-state index contributed by atoms with van der Waals surface area (Å²) in [6, 6.07) is 1.08. The average Bonchev–Trinajstić information content (AvgIpc) is 3.22. The van der Waals surface area contributed by atoms with Gasteiger partial charge in [0.1, 0.15) is 36.1 Å². The van der Waals surface area contributed by atoms with Crippen LogP contribution >= 0.6 is 0 Å². The monoisotopic (exact) mass is 529 g/mol. The van der Waals surface area contributed by atoms with Crippen LogP contribution < -0.4 is 10.2 Å². The van der Waals surface area contributed by atoms with E-state index in [0.717, 1.165) is 31.3 Å². The summed E-state index contributed by atoms with van der Waals surface area (Å²) in [5.74, 6) is -3.87. The normalized spacial score (nSPS) is 17.5. The summed E-state index contributed by atoms with van der Waals surface area (Å²) in [4.78, 5) is 23.5. The fraction of sp³-hybridized carbons (Fsp3) is 0.304. The van der Waals surface area contributed by atoms with Crippen molar-refractivity contribution >= 4 is 17.9 Å². The number of rotatable bonds is 6. The van der Waals surface area contributed by atoms with Gasteiger partial charge in [-0.1, -0.05) is 0 Å². The number of anilines is 2. The first-order valence-electron chi connectivity index (χ1n) is 10.8. The highest BCUT2D eigenvalue weighted by Gasteiger charge is 2.40. The Morgan fingerprint density at radius 3 is 2.49 bits per heavy atom. The summed E-state index contributed by atoms with van der Waals surface area (Å²) >= 11 is 0. The molecule has 37 heavy (non-hydrogen) atoms. The molecule has 196 valence electrons. The van der Waals surface area contributed by atoms with Crippen LogP contribution in [0.2, 0.25) is 0 Å². The Bertz CT molecular complexity index is 1340. The van der Waals surface area contributed by atoms with Crippen LogP contribution in [0.3, 0.4) is 0 Å². The fourth-order valence-corrected chi connectivity index (χ4v) is 3.75. The third-order valence-corrected chi connectivity index (χ3v) is 5.65. The van der Waals surface area contributed by atoms with Gasteiger partial charge in [0, 0.05) is 17.3 Å².